The summed E-state index contributed by atoms with van der Waals surface area (Å²) < 4.78 is 11.0. The average Bonchev–Trinajstić information content (AvgIpc) is 2.19. The van der Waals surface area contributed by atoms with Gasteiger partial charge in [0.05, 0.1) is 18.8 Å². The maximum absolute atomic E-state index is 5.94. The lowest BCUT2D eigenvalue weighted by atomic mass is 10.0. The first-order chi connectivity index (χ1) is 6.34. The molecule has 0 radical (unpaired) electrons. The first-order valence-electron chi connectivity index (χ1n) is 5.29. The first-order valence-corrected chi connectivity index (χ1v) is 5.29. The molecule has 3 nitrogen and oxygen atoms in total. The molecule has 1 heterocycles. The topological polar surface area (TPSA) is 44.5 Å². The summed E-state index contributed by atoms with van der Waals surface area (Å²) in [5, 5.41) is 0. The van der Waals surface area contributed by atoms with Gasteiger partial charge >= 0.3 is 0 Å². The van der Waals surface area contributed by atoms with Crippen molar-refractivity contribution in [1.82, 2.24) is 0 Å². The van der Waals surface area contributed by atoms with Gasteiger partial charge in [-0.1, -0.05) is 6.92 Å². The van der Waals surface area contributed by atoms with E-state index in [0.717, 1.165) is 26.1 Å². The van der Waals surface area contributed by atoms with E-state index in [2.05, 4.69) is 6.92 Å². The van der Waals surface area contributed by atoms with Gasteiger partial charge in [0.2, 0.25) is 0 Å². The molecule has 13 heavy (non-hydrogen) atoms. The van der Waals surface area contributed by atoms with E-state index in [9.17, 15) is 0 Å². The SMILES string of the molecule is CCCOCC(N)C1CCCCO1. The third-order valence-electron chi connectivity index (χ3n) is 2.35. The zero-order chi connectivity index (χ0) is 9.52. The Morgan fingerprint density at radius 2 is 2.38 bits per heavy atom. The van der Waals surface area contributed by atoms with Gasteiger partial charge in [0.15, 0.2) is 0 Å². The Morgan fingerprint density at radius 1 is 1.54 bits per heavy atom. The van der Waals surface area contributed by atoms with Gasteiger partial charge in [-0.15, -0.1) is 0 Å². The molecule has 1 fully saturated rings. The second-order valence-corrected chi connectivity index (χ2v) is 3.64. The van der Waals surface area contributed by atoms with Crippen LogP contribution in [0.3, 0.4) is 0 Å². The molecule has 0 saturated carbocycles. The van der Waals surface area contributed by atoms with E-state index in [1.165, 1.54) is 12.8 Å². The Labute approximate surface area is 80.6 Å². The average molecular weight is 187 g/mol. The van der Waals surface area contributed by atoms with E-state index < -0.39 is 0 Å². The third-order valence-corrected chi connectivity index (χ3v) is 2.35. The van der Waals surface area contributed by atoms with Crippen molar-refractivity contribution in [3.63, 3.8) is 0 Å². The van der Waals surface area contributed by atoms with Crippen molar-refractivity contribution in [2.24, 2.45) is 5.73 Å². The van der Waals surface area contributed by atoms with Crippen LogP contribution in [0.15, 0.2) is 0 Å². The van der Waals surface area contributed by atoms with Crippen LogP contribution in [-0.4, -0.2) is 32.0 Å². The fourth-order valence-electron chi connectivity index (χ4n) is 1.57. The van der Waals surface area contributed by atoms with Gasteiger partial charge in [-0.2, -0.15) is 0 Å². The van der Waals surface area contributed by atoms with Crippen LogP contribution in [-0.2, 0) is 9.47 Å². The molecule has 1 aliphatic rings. The fraction of sp³-hybridized carbons (Fsp3) is 1.00. The van der Waals surface area contributed by atoms with E-state index >= 15 is 0 Å². The molecular formula is C10H21NO2. The number of ether oxygens (including phenoxy) is 2. The number of nitrogens with two attached hydrogens (primary N) is 1. The normalized spacial score (nSPS) is 25.8. The lowest BCUT2D eigenvalue weighted by Gasteiger charge is -2.27. The summed E-state index contributed by atoms with van der Waals surface area (Å²) in [6, 6.07) is 0.0619. The minimum absolute atomic E-state index is 0.0619. The summed E-state index contributed by atoms with van der Waals surface area (Å²) in [6.45, 7) is 4.41. The van der Waals surface area contributed by atoms with Crippen LogP contribution < -0.4 is 5.73 Å². The molecule has 0 aromatic carbocycles. The van der Waals surface area contributed by atoms with Crippen LogP contribution in [0.25, 0.3) is 0 Å². The van der Waals surface area contributed by atoms with Crippen LogP contribution >= 0.6 is 0 Å². The summed E-state index contributed by atoms with van der Waals surface area (Å²) in [5.74, 6) is 0. The standard InChI is InChI=1S/C10H21NO2/c1-2-6-12-8-9(11)10-5-3-4-7-13-10/h9-10H,2-8,11H2,1H3. The second kappa shape index (κ2) is 6.35. The first kappa shape index (κ1) is 11.0. The molecule has 0 bridgehead atoms. The Hall–Kier alpha value is -0.120. The summed E-state index contributed by atoms with van der Waals surface area (Å²) in [7, 11) is 0. The van der Waals surface area contributed by atoms with E-state index in [0.29, 0.717) is 6.61 Å². The molecule has 1 aliphatic heterocycles. The van der Waals surface area contributed by atoms with Crippen LogP contribution in [0, 0.1) is 0 Å². The van der Waals surface area contributed by atoms with E-state index in [1.54, 1.807) is 0 Å². The molecule has 0 spiro atoms. The van der Waals surface area contributed by atoms with Gasteiger partial charge in [0.25, 0.3) is 0 Å². The lowest BCUT2D eigenvalue weighted by Crippen LogP contribution is -2.42. The number of hydrogen-bond acceptors (Lipinski definition) is 3. The van der Waals surface area contributed by atoms with Crippen LogP contribution in [0.4, 0.5) is 0 Å². The van der Waals surface area contributed by atoms with Crippen molar-refractivity contribution in [2.75, 3.05) is 19.8 Å². The Morgan fingerprint density at radius 3 is 3.00 bits per heavy atom. The summed E-state index contributed by atoms with van der Waals surface area (Å²) in [6.07, 6.45) is 4.80. The molecule has 0 aromatic rings. The van der Waals surface area contributed by atoms with Crippen LogP contribution in [0.2, 0.25) is 0 Å². The zero-order valence-corrected chi connectivity index (χ0v) is 8.50. The largest absolute Gasteiger partial charge is 0.380 e. The quantitative estimate of drug-likeness (QED) is 0.660. The minimum atomic E-state index is 0.0619. The van der Waals surface area contributed by atoms with E-state index in [1.807, 2.05) is 0 Å². The molecule has 78 valence electrons. The van der Waals surface area contributed by atoms with Crippen LogP contribution in [0.1, 0.15) is 32.6 Å². The Bertz CT molecular complexity index is 124. The number of rotatable bonds is 5. The summed E-state index contributed by atoms with van der Waals surface area (Å²) in [5.41, 5.74) is 5.94. The zero-order valence-electron chi connectivity index (χ0n) is 8.50. The highest BCUT2D eigenvalue weighted by atomic mass is 16.5. The predicted octanol–water partition coefficient (Wildman–Crippen LogP) is 1.31. The van der Waals surface area contributed by atoms with Crippen molar-refractivity contribution >= 4 is 0 Å². The minimum Gasteiger partial charge on any atom is -0.380 e. The fourth-order valence-corrected chi connectivity index (χ4v) is 1.57. The van der Waals surface area contributed by atoms with Gasteiger partial charge in [-0.25, -0.2) is 0 Å². The van der Waals surface area contributed by atoms with Crippen LogP contribution in [0.5, 0.6) is 0 Å². The molecule has 1 saturated heterocycles. The van der Waals surface area contributed by atoms with Gasteiger partial charge in [-0.3, -0.25) is 0 Å². The van der Waals surface area contributed by atoms with E-state index in [-0.39, 0.29) is 12.1 Å². The summed E-state index contributed by atoms with van der Waals surface area (Å²) in [4.78, 5) is 0. The molecule has 2 N–H and O–H groups in total. The second-order valence-electron chi connectivity index (χ2n) is 3.64. The van der Waals surface area contributed by atoms with Gasteiger partial charge in [0, 0.05) is 13.2 Å². The summed E-state index contributed by atoms with van der Waals surface area (Å²) >= 11 is 0. The Kier molecular flexibility index (Phi) is 5.35. The highest BCUT2D eigenvalue weighted by Crippen LogP contribution is 2.14. The Balaban J connectivity index is 2.09. The lowest BCUT2D eigenvalue weighted by molar-refractivity contribution is -0.0209. The maximum atomic E-state index is 5.94. The predicted molar refractivity (Wildman–Crippen MR) is 52.7 cm³/mol. The highest BCUT2D eigenvalue weighted by Gasteiger charge is 2.20. The highest BCUT2D eigenvalue weighted by molar-refractivity contribution is 4.75. The van der Waals surface area contributed by atoms with Gasteiger partial charge in [-0.05, 0) is 25.7 Å². The number of hydrogen-bond donors (Lipinski definition) is 1. The molecule has 0 amide bonds. The van der Waals surface area contributed by atoms with Gasteiger partial charge < -0.3 is 15.2 Å². The van der Waals surface area contributed by atoms with Gasteiger partial charge in [0.1, 0.15) is 0 Å². The molecular weight excluding hydrogens is 166 g/mol. The van der Waals surface area contributed by atoms with E-state index in [4.69, 9.17) is 15.2 Å². The van der Waals surface area contributed by atoms with Crippen molar-refractivity contribution in [2.45, 2.75) is 44.8 Å². The van der Waals surface area contributed by atoms with Crippen molar-refractivity contribution < 1.29 is 9.47 Å². The monoisotopic (exact) mass is 187 g/mol. The molecule has 1 rings (SSSR count). The molecule has 0 aromatic heterocycles. The molecule has 2 unspecified atom stereocenters. The smallest absolute Gasteiger partial charge is 0.0748 e. The van der Waals surface area contributed by atoms with Crippen molar-refractivity contribution in [3.8, 4) is 0 Å². The third kappa shape index (κ3) is 4.07. The van der Waals surface area contributed by atoms with Crippen molar-refractivity contribution in [1.29, 1.82) is 0 Å². The maximum Gasteiger partial charge on any atom is 0.0748 e. The van der Waals surface area contributed by atoms with Crippen molar-refractivity contribution in [3.05, 3.63) is 0 Å². The molecule has 0 aliphatic carbocycles. The molecule has 3 heteroatoms. The molecule has 2 atom stereocenters.